The fraction of sp³-hybridized carbons (Fsp3) is 0.0588. The minimum atomic E-state index is -0.461. The Morgan fingerprint density at radius 3 is 2.52 bits per heavy atom. The highest BCUT2D eigenvalue weighted by Crippen LogP contribution is 2.10. The van der Waals surface area contributed by atoms with E-state index < -0.39 is 5.63 Å². The monoisotopic (exact) mass is 278 g/mol. The number of aryl methyl sites for hydroxylation is 1. The highest BCUT2D eigenvalue weighted by Gasteiger charge is 2.01. The third-order valence-corrected chi connectivity index (χ3v) is 3.13. The van der Waals surface area contributed by atoms with Crippen molar-refractivity contribution in [3.63, 3.8) is 0 Å². The molecule has 0 bridgehead atoms. The molecule has 0 amide bonds. The van der Waals surface area contributed by atoms with Crippen LogP contribution in [0.2, 0.25) is 0 Å². The molecule has 21 heavy (non-hydrogen) atoms. The summed E-state index contributed by atoms with van der Waals surface area (Å²) in [5.41, 5.74) is 4.53. The largest absolute Gasteiger partial charge is 0.421 e. The highest BCUT2D eigenvalue weighted by atomic mass is 16.4. The molecule has 0 radical (unpaired) electrons. The van der Waals surface area contributed by atoms with Gasteiger partial charge in [0.25, 0.3) is 0 Å². The molecule has 0 spiro atoms. The second-order valence-corrected chi connectivity index (χ2v) is 4.69. The van der Waals surface area contributed by atoms with E-state index in [0.717, 1.165) is 16.6 Å². The van der Waals surface area contributed by atoms with Crippen LogP contribution in [0.15, 0.2) is 75.0 Å². The minimum absolute atomic E-state index is 0.273. The summed E-state index contributed by atoms with van der Waals surface area (Å²) in [7, 11) is 0. The molecular weight excluding hydrogens is 264 g/mol. The average Bonchev–Trinajstić information content (AvgIpc) is 2.62. The summed E-state index contributed by atoms with van der Waals surface area (Å²) < 4.78 is 5.37. The van der Waals surface area contributed by atoms with Gasteiger partial charge in [-0.15, -0.1) is 0 Å². The number of rotatable bonds is 2. The SMILES string of the molecule is Cc1cc2ccccc2oc(=O)/c1=N\Nc1ccccc1. The van der Waals surface area contributed by atoms with Crippen LogP contribution in [0.4, 0.5) is 5.69 Å². The number of anilines is 1. The number of hydrogen-bond donors (Lipinski definition) is 1. The van der Waals surface area contributed by atoms with Crippen molar-refractivity contribution in [2.24, 2.45) is 5.10 Å². The zero-order valence-electron chi connectivity index (χ0n) is 11.5. The molecule has 0 aliphatic heterocycles. The van der Waals surface area contributed by atoms with Gasteiger partial charge >= 0.3 is 5.63 Å². The number of nitrogens with zero attached hydrogens (tertiary/aromatic N) is 1. The Morgan fingerprint density at radius 1 is 1.00 bits per heavy atom. The quantitative estimate of drug-likeness (QED) is 0.733. The van der Waals surface area contributed by atoms with Gasteiger partial charge in [-0.05, 0) is 36.8 Å². The maximum Gasteiger partial charge on any atom is 0.364 e. The fourth-order valence-corrected chi connectivity index (χ4v) is 2.07. The second-order valence-electron chi connectivity index (χ2n) is 4.69. The van der Waals surface area contributed by atoms with Crippen LogP contribution >= 0.6 is 0 Å². The van der Waals surface area contributed by atoms with E-state index in [0.29, 0.717) is 5.58 Å². The molecule has 0 atom stereocenters. The smallest absolute Gasteiger partial charge is 0.364 e. The summed E-state index contributed by atoms with van der Waals surface area (Å²) in [5, 5.41) is 5.32. The molecule has 0 aliphatic rings. The lowest BCUT2D eigenvalue weighted by molar-refractivity contribution is 0.555. The number of para-hydroxylation sites is 2. The summed E-state index contributed by atoms with van der Waals surface area (Å²) in [6.07, 6.45) is 0. The van der Waals surface area contributed by atoms with E-state index in [-0.39, 0.29) is 5.36 Å². The van der Waals surface area contributed by atoms with E-state index >= 15 is 0 Å². The van der Waals surface area contributed by atoms with Crippen LogP contribution in [0.5, 0.6) is 0 Å². The lowest BCUT2D eigenvalue weighted by Crippen LogP contribution is -2.25. The first-order valence-electron chi connectivity index (χ1n) is 6.62. The third-order valence-electron chi connectivity index (χ3n) is 3.13. The second kappa shape index (κ2) is 5.63. The van der Waals surface area contributed by atoms with Crippen LogP contribution < -0.4 is 16.4 Å². The van der Waals surface area contributed by atoms with Crippen molar-refractivity contribution in [1.82, 2.24) is 0 Å². The Bertz CT molecular complexity index is 899. The molecule has 0 saturated heterocycles. The van der Waals surface area contributed by atoms with Gasteiger partial charge in [0.2, 0.25) is 0 Å². The molecule has 0 unspecified atom stereocenters. The van der Waals surface area contributed by atoms with Crippen molar-refractivity contribution in [1.29, 1.82) is 0 Å². The average molecular weight is 278 g/mol. The third kappa shape index (κ3) is 2.84. The van der Waals surface area contributed by atoms with Crippen molar-refractivity contribution in [3.05, 3.63) is 82.0 Å². The van der Waals surface area contributed by atoms with Crippen molar-refractivity contribution in [2.75, 3.05) is 5.43 Å². The number of benzene rings is 2. The van der Waals surface area contributed by atoms with Crippen molar-refractivity contribution in [3.8, 4) is 0 Å². The van der Waals surface area contributed by atoms with Gasteiger partial charge in [-0.3, -0.25) is 5.43 Å². The predicted octanol–water partition coefficient (Wildman–Crippen LogP) is 3.03. The molecule has 0 fully saturated rings. The van der Waals surface area contributed by atoms with Gasteiger partial charge in [0, 0.05) is 5.39 Å². The van der Waals surface area contributed by atoms with Gasteiger partial charge < -0.3 is 4.42 Å². The van der Waals surface area contributed by atoms with Gasteiger partial charge in [-0.2, -0.15) is 5.10 Å². The number of nitrogens with one attached hydrogen (secondary N) is 1. The van der Waals surface area contributed by atoms with Crippen molar-refractivity contribution >= 4 is 16.7 Å². The van der Waals surface area contributed by atoms with E-state index in [1.165, 1.54) is 0 Å². The zero-order valence-corrected chi connectivity index (χ0v) is 11.5. The van der Waals surface area contributed by atoms with Crippen LogP contribution in [0.25, 0.3) is 11.0 Å². The standard InChI is InChI=1S/C17H14N2O2/c1-12-11-13-7-5-6-10-15(13)21-17(20)16(12)19-18-14-8-3-2-4-9-14/h2-11,18H,1H3/b19-16-. The fourth-order valence-electron chi connectivity index (χ4n) is 2.07. The molecule has 4 nitrogen and oxygen atoms in total. The van der Waals surface area contributed by atoms with Gasteiger partial charge in [0.1, 0.15) is 5.58 Å². The molecule has 0 aliphatic carbocycles. The normalized spacial score (nSPS) is 11.6. The number of fused-ring (bicyclic) bond motifs is 1. The Morgan fingerprint density at radius 2 is 1.71 bits per heavy atom. The molecular formula is C17H14N2O2. The summed E-state index contributed by atoms with van der Waals surface area (Å²) in [5.74, 6) is 0. The maximum absolute atomic E-state index is 12.2. The molecule has 4 heteroatoms. The van der Waals surface area contributed by atoms with Crippen molar-refractivity contribution in [2.45, 2.75) is 6.92 Å². The van der Waals surface area contributed by atoms with Crippen molar-refractivity contribution < 1.29 is 4.42 Å². The van der Waals surface area contributed by atoms with E-state index in [4.69, 9.17) is 4.42 Å². The first-order valence-corrected chi connectivity index (χ1v) is 6.62. The first-order chi connectivity index (χ1) is 10.2. The first kappa shape index (κ1) is 13.1. The van der Waals surface area contributed by atoms with E-state index in [9.17, 15) is 4.79 Å². The van der Waals surface area contributed by atoms with Crippen LogP contribution in [0, 0.1) is 6.92 Å². The molecule has 2 aromatic carbocycles. The Hall–Kier alpha value is -2.88. The summed E-state index contributed by atoms with van der Waals surface area (Å²) >= 11 is 0. The van der Waals surface area contributed by atoms with E-state index in [1.807, 2.05) is 61.5 Å². The minimum Gasteiger partial charge on any atom is -0.421 e. The van der Waals surface area contributed by atoms with Gasteiger partial charge in [-0.1, -0.05) is 36.4 Å². The molecule has 1 heterocycles. The highest BCUT2D eigenvalue weighted by molar-refractivity contribution is 5.76. The molecule has 104 valence electrons. The summed E-state index contributed by atoms with van der Waals surface area (Å²) in [6, 6.07) is 18.8. The Labute approximate surface area is 121 Å². The summed E-state index contributed by atoms with van der Waals surface area (Å²) in [6.45, 7) is 1.84. The zero-order chi connectivity index (χ0) is 14.7. The topological polar surface area (TPSA) is 54.6 Å². The molecule has 0 saturated carbocycles. The van der Waals surface area contributed by atoms with Gasteiger partial charge in [0.05, 0.1) is 5.69 Å². The van der Waals surface area contributed by atoms with E-state index in [1.54, 1.807) is 6.07 Å². The molecule has 1 N–H and O–H groups in total. The van der Waals surface area contributed by atoms with Gasteiger partial charge in [-0.25, -0.2) is 4.79 Å². The lowest BCUT2D eigenvalue weighted by Gasteiger charge is -1.97. The molecule has 1 aromatic heterocycles. The van der Waals surface area contributed by atoms with Crippen LogP contribution in [-0.2, 0) is 0 Å². The molecule has 3 aromatic rings. The van der Waals surface area contributed by atoms with Gasteiger partial charge in [0.15, 0.2) is 5.36 Å². The lowest BCUT2D eigenvalue weighted by atomic mass is 10.2. The Balaban J connectivity index is 2.16. The Kier molecular flexibility index (Phi) is 3.51. The van der Waals surface area contributed by atoms with Crippen LogP contribution in [0.3, 0.4) is 0 Å². The number of hydrogen-bond acceptors (Lipinski definition) is 4. The predicted molar refractivity (Wildman–Crippen MR) is 82.8 cm³/mol. The van der Waals surface area contributed by atoms with Crippen LogP contribution in [0.1, 0.15) is 5.56 Å². The molecule has 3 rings (SSSR count). The van der Waals surface area contributed by atoms with E-state index in [2.05, 4.69) is 10.5 Å². The maximum atomic E-state index is 12.2. The van der Waals surface area contributed by atoms with Crippen LogP contribution in [-0.4, -0.2) is 0 Å². The summed E-state index contributed by atoms with van der Waals surface area (Å²) in [4.78, 5) is 12.2.